The Kier molecular flexibility index (Phi) is 3.15. The molecule has 0 atom stereocenters. The fraction of sp³-hybridized carbons (Fsp3) is 0.222. The van der Waals surface area contributed by atoms with Crippen LogP contribution in [0.5, 0.6) is 0 Å². The second kappa shape index (κ2) is 4.34. The molecule has 0 aliphatic rings. The van der Waals surface area contributed by atoms with Gasteiger partial charge in [0.2, 0.25) is 0 Å². The van der Waals surface area contributed by atoms with E-state index < -0.39 is 5.97 Å². The average molecular weight is 206 g/mol. The molecule has 78 valence electrons. The minimum atomic E-state index is -1.05. The van der Waals surface area contributed by atoms with Gasteiger partial charge in [0.15, 0.2) is 0 Å². The van der Waals surface area contributed by atoms with E-state index >= 15 is 0 Å². The van der Waals surface area contributed by atoms with Gasteiger partial charge in [0, 0.05) is 24.7 Å². The van der Waals surface area contributed by atoms with Crippen molar-refractivity contribution < 1.29 is 9.90 Å². The zero-order valence-corrected chi connectivity index (χ0v) is 8.38. The number of carboxylic acid groups (broad SMARTS) is 1. The molecule has 0 bridgehead atoms. The van der Waals surface area contributed by atoms with Crippen molar-refractivity contribution in [2.45, 2.75) is 0 Å². The maximum absolute atomic E-state index is 10.9. The van der Waals surface area contributed by atoms with Crippen LogP contribution in [0.15, 0.2) is 23.3 Å². The number of azide groups is 1. The van der Waals surface area contributed by atoms with Crippen LogP contribution in [0.4, 0.5) is 11.4 Å². The van der Waals surface area contributed by atoms with E-state index in [1.165, 1.54) is 6.07 Å². The average Bonchev–Trinajstić information content (AvgIpc) is 2.17. The first-order chi connectivity index (χ1) is 7.06. The molecule has 0 aliphatic heterocycles. The Morgan fingerprint density at radius 1 is 1.53 bits per heavy atom. The van der Waals surface area contributed by atoms with Gasteiger partial charge in [-0.1, -0.05) is 11.2 Å². The van der Waals surface area contributed by atoms with Gasteiger partial charge >= 0.3 is 5.97 Å². The van der Waals surface area contributed by atoms with Crippen molar-refractivity contribution in [3.8, 4) is 0 Å². The topological polar surface area (TPSA) is 89.3 Å². The van der Waals surface area contributed by atoms with Gasteiger partial charge in [0.05, 0.1) is 11.3 Å². The highest BCUT2D eigenvalue weighted by atomic mass is 16.4. The van der Waals surface area contributed by atoms with Gasteiger partial charge in [-0.2, -0.15) is 0 Å². The molecule has 0 heterocycles. The first kappa shape index (κ1) is 10.9. The van der Waals surface area contributed by atoms with Crippen LogP contribution in [-0.2, 0) is 0 Å². The lowest BCUT2D eigenvalue weighted by Crippen LogP contribution is -2.13. The van der Waals surface area contributed by atoms with Crippen molar-refractivity contribution >= 4 is 17.3 Å². The van der Waals surface area contributed by atoms with Crippen molar-refractivity contribution in [2.24, 2.45) is 5.11 Å². The first-order valence-electron chi connectivity index (χ1n) is 4.16. The molecule has 0 saturated carbocycles. The number of carbonyl (C=O) groups is 1. The van der Waals surface area contributed by atoms with Crippen LogP contribution in [0.1, 0.15) is 10.4 Å². The maximum atomic E-state index is 10.9. The van der Waals surface area contributed by atoms with Crippen LogP contribution in [-0.4, -0.2) is 25.2 Å². The first-order valence-corrected chi connectivity index (χ1v) is 4.16. The molecule has 1 aromatic carbocycles. The Morgan fingerprint density at radius 2 is 2.20 bits per heavy atom. The summed E-state index contributed by atoms with van der Waals surface area (Å²) < 4.78 is 0. The molecule has 0 aromatic heterocycles. The minimum Gasteiger partial charge on any atom is -0.478 e. The van der Waals surface area contributed by atoms with Crippen molar-refractivity contribution in [3.63, 3.8) is 0 Å². The van der Waals surface area contributed by atoms with Crippen LogP contribution in [0.3, 0.4) is 0 Å². The quantitative estimate of drug-likeness (QED) is 0.467. The third-order valence-corrected chi connectivity index (χ3v) is 1.85. The molecule has 6 heteroatoms. The van der Waals surface area contributed by atoms with Crippen LogP contribution in [0.2, 0.25) is 0 Å². The summed E-state index contributed by atoms with van der Waals surface area (Å²) in [7, 11) is 3.49. The second-order valence-corrected chi connectivity index (χ2v) is 3.09. The Morgan fingerprint density at radius 3 is 2.67 bits per heavy atom. The van der Waals surface area contributed by atoms with Crippen molar-refractivity contribution in [1.29, 1.82) is 0 Å². The number of aromatic carboxylic acids is 1. The van der Waals surface area contributed by atoms with E-state index in [1.807, 2.05) is 0 Å². The van der Waals surface area contributed by atoms with Crippen LogP contribution >= 0.6 is 0 Å². The van der Waals surface area contributed by atoms with Crippen LogP contribution in [0.25, 0.3) is 10.4 Å². The molecule has 1 N–H and O–H groups in total. The van der Waals surface area contributed by atoms with Gasteiger partial charge in [-0.05, 0) is 17.7 Å². The highest BCUT2D eigenvalue weighted by Crippen LogP contribution is 2.24. The monoisotopic (exact) mass is 206 g/mol. The molecule has 0 radical (unpaired) electrons. The zero-order chi connectivity index (χ0) is 11.4. The standard InChI is InChI=1S/C9H10N4O2/c1-13(2)8-4-3-6(11-12-10)5-7(8)9(14)15/h3-5H,1-2H3,(H,14,15). The number of hydrogen-bond donors (Lipinski definition) is 1. The Labute approximate surface area is 86.4 Å². The third-order valence-electron chi connectivity index (χ3n) is 1.85. The largest absolute Gasteiger partial charge is 0.478 e. The molecule has 0 aliphatic carbocycles. The van der Waals surface area contributed by atoms with Gasteiger partial charge < -0.3 is 10.0 Å². The summed E-state index contributed by atoms with van der Waals surface area (Å²) in [6.07, 6.45) is 0. The molecule has 0 amide bonds. The minimum absolute atomic E-state index is 0.116. The van der Waals surface area contributed by atoms with Crippen molar-refractivity contribution in [3.05, 3.63) is 34.2 Å². The maximum Gasteiger partial charge on any atom is 0.337 e. The number of anilines is 1. The number of hydrogen-bond acceptors (Lipinski definition) is 3. The van der Waals surface area contributed by atoms with E-state index in [0.717, 1.165) is 0 Å². The lowest BCUT2D eigenvalue weighted by molar-refractivity contribution is 0.0697. The summed E-state index contributed by atoms with van der Waals surface area (Å²) in [5.41, 5.74) is 9.20. The summed E-state index contributed by atoms with van der Waals surface area (Å²) in [5, 5.41) is 12.3. The second-order valence-electron chi connectivity index (χ2n) is 3.09. The molecular formula is C9H10N4O2. The summed E-state index contributed by atoms with van der Waals surface area (Å²) in [4.78, 5) is 15.2. The van der Waals surface area contributed by atoms with Gasteiger partial charge in [0.1, 0.15) is 0 Å². The SMILES string of the molecule is CN(C)c1ccc(N=[N+]=[N-])cc1C(=O)O. The van der Waals surface area contributed by atoms with Gasteiger partial charge in [0.25, 0.3) is 0 Å². The molecule has 1 rings (SSSR count). The molecule has 0 fully saturated rings. The Balaban J connectivity index is 3.32. The smallest absolute Gasteiger partial charge is 0.337 e. The Bertz CT molecular complexity index is 436. The lowest BCUT2D eigenvalue weighted by Gasteiger charge is -2.15. The molecule has 0 unspecified atom stereocenters. The van der Waals surface area contributed by atoms with E-state index in [4.69, 9.17) is 10.6 Å². The Hall–Kier alpha value is -2.20. The van der Waals surface area contributed by atoms with E-state index in [2.05, 4.69) is 10.0 Å². The van der Waals surface area contributed by atoms with Crippen LogP contribution < -0.4 is 4.90 Å². The number of nitrogens with zero attached hydrogens (tertiary/aromatic N) is 4. The summed E-state index contributed by atoms with van der Waals surface area (Å²) in [6.45, 7) is 0. The highest BCUT2D eigenvalue weighted by Gasteiger charge is 2.11. The zero-order valence-electron chi connectivity index (χ0n) is 8.38. The lowest BCUT2D eigenvalue weighted by atomic mass is 10.1. The normalized spacial score (nSPS) is 9.20. The van der Waals surface area contributed by atoms with E-state index in [9.17, 15) is 4.79 Å². The molecular weight excluding hydrogens is 196 g/mol. The van der Waals surface area contributed by atoms with E-state index in [-0.39, 0.29) is 5.56 Å². The molecule has 6 nitrogen and oxygen atoms in total. The molecule has 1 aromatic rings. The molecule has 0 spiro atoms. The van der Waals surface area contributed by atoms with E-state index in [0.29, 0.717) is 11.4 Å². The fourth-order valence-electron chi connectivity index (χ4n) is 1.20. The number of benzene rings is 1. The third kappa shape index (κ3) is 2.38. The summed E-state index contributed by atoms with van der Waals surface area (Å²) >= 11 is 0. The predicted octanol–water partition coefficient (Wildman–Crippen LogP) is 2.39. The van der Waals surface area contributed by atoms with Crippen molar-refractivity contribution in [2.75, 3.05) is 19.0 Å². The van der Waals surface area contributed by atoms with Gasteiger partial charge in [-0.3, -0.25) is 0 Å². The van der Waals surface area contributed by atoms with Gasteiger partial charge in [-0.15, -0.1) is 0 Å². The highest BCUT2D eigenvalue weighted by molar-refractivity contribution is 5.95. The van der Waals surface area contributed by atoms with Crippen molar-refractivity contribution in [1.82, 2.24) is 0 Å². The molecule has 15 heavy (non-hydrogen) atoms. The van der Waals surface area contributed by atoms with E-state index in [1.54, 1.807) is 31.1 Å². The van der Waals surface area contributed by atoms with Gasteiger partial charge in [-0.25, -0.2) is 4.79 Å². The summed E-state index contributed by atoms with van der Waals surface area (Å²) in [6, 6.07) is 4.52. The predicted molar refractivity (Wildman–Crippen MR) is 56.5 cm³/mol. The number of rotatable bonds is 3. The fourth-order valence-corrected chi connectivity index (χ4v) is 1.20. The number of carboxylic acids is 1. The molecule has 0 saturated heterocycles. The summed E-state index contributed by atoms with van der Waals surface area (Å²) in [5.74, 6) is -1.05. The van der Waals surface area contributed by atoms with Crippen LogP contribution in [0, 0.1) is 0 Å².